The zero-order valence-corrected chi connectivity index (χ0v) is 17.5. The molecule has 0 aromatic heterocycles. The number of ether oxygens (including phenoxy) is 1. The number of benzene rings is 2. The fraction of sp³-hybridized carbons (Fsp3) is 0.375. The van der Waals surface area contributed by atoms with E-state index in [1.165, 1.54) is 0 Å². The third-order valence-electron chi connectivity index (χ3n) is 5.51. The van der Waals surface area contributed by atoms with Crippen LogP contribution in [-0.2, 0) is 19.1 Å². The molecule has 0 bridgehead atoms. The van der Waals surface area contributed by atoms with E-state index >= 15 is 0 Å². The van der Waals surface area contributed by atoms with Crippen LogP contribution in [0, 0.1) is 5.92 Å². The number of hydrogen-bond donors (Lipinski definition) is 1. The average Bonchev–Trinajstić information content (AvgIpc) is 3.19. The number of anilines is 2. The van der Waals surface area contributed by atoms with Crippen molar-refractivity contribution in [3.63, 3.8) is 0 Å². The van der Waals surface area contributed by atoms with Crippen LogP contribution in [0.1, 0.15) is 44.6 Å². The Balaban J connectivity index is 1.55. The molecular weight excluding hydrogens is 380 g/mol. The van der Waals surface area contributed by atoms with Crippen LogP contribution in [-0.4, -0.2) is 30.9 Å². The van der Waals surface area contributed by atoms with Crippen molar-refractivity contribution in [1.82, 2.24) is 0 Å². The molecule has 2 aromatic carbocycles. The van der Waals surface area contributed by atoms with E-state index in [0.29, 0.717) is 12.1 Å². The van der Waals surface area contributed by atoms with E-state index in [1.807, 2.05) is 44.2 Å². The maximum absolute atomic E-state index is 12.7. The molecule has 158 valence electrons. The molecule has 2 atom stereocenters. The van der Waals surface area contributed by atoms with E-state index < -0.39 is 17.8 Å². The van der Waals surface area contributed by atoms with Crippen LogP contribution in [0.15, 0.2) is 54.6 Å². The zero-order valence-electron chi connectivity index (χ0n) is 17.5. The molecule has 1 saturated heterocycles. The fourth-order valence-corrected chi connectivity index (χ4v) is 3.66. The van der Waals surface area contributed by atoms with E-state index in [2.05, 4.69) is 5.32 Å². The van der Waals surface area contributed by atoms with Crippen LogP contribution in [0.2, 0.25) is 0 Å². The maximum atomic E-state index is 12.7. The van der Waals surface area contributed by atoms with Gasteiger partial charge in [0.1, 0.15) is 0 Å². The van der Waals surface area contributed by atoms with Crippen molar-refractivity contribution in [2.45, 2.75) is 39.0 Å². The Morgan fingerprint density at radius 2 is 1.80 bits per heavy atom. The van der Waals surface area contributed by atoms with Crippen molar-refractivity contribution < 1.29 is 19.1 Å². The van der Waals surface area contributed by atoms with Crippen LogP contribution < -0.4 is 10.2 Å². The van der Waals surface area contributed by atoms with Crippen LogP contribution in [0.4, 0.5) is 11.4 Å². The number of hydrogen-bond acceptors (Lipinski definition) is 4. The smallest absolute Gasteiger partial charge is 0.314 e. The fourth-order valence-electron chi connectivity index (χ4n) is 3.66. The minimum atomic E-state index is -0.402. The lowest BCUT2D eigenvalue weighted by Crippen LogP contribution is -2.27. The lowest BCUT2D eigenvalue weighted by molar-refractivity contribution is -0.150. The molecule has 1 N–H and O–H groups in total. The minimum absolute atomic E-state index is 0.101. The van der Waals surface area contributed by atoms with E-state index in [4.69, 9.17) is 4.74 Å². The second kappa shape index (κ2) is 10.1. The first-order valence-electron chi connectivity index (χ1n) is 10.4. The lowest BCUT2D eigenvalue weighted by Gasteiger charge is -2.21. The van der Waals surface area contributed by atoms with Gasteiger partial charge in [-0.05, 0) is 42.2 Å². The van der Waals surface area contributed by atoms with E-state index in [1.54, 1.807) is 29.2 Å². The second-order valence-electron chi connectivity index (χ2n) is 7.63. The molecule has 1 heterocycles. The quantitative estimate of drug-likeness (QED) is 0.667. The molecule has 1 aliphatic heterocycles. The van der Waals surface area contributed by atoms with Crippen LogP contribution in [0.25, 0.3) is 0 Å². The molecular formula is C24H28N2O4. The summed E-state index contributed by atoms with van der Waals surface area (Å²) in [7, 11) is 0. The summed E-state index contributed by atoms with van der Waals surface area (Å²) in [6, 6.07) is 16.6. The number of rotatable bonds is 8. The van der Waals surface area contributed by atoms with Gasteiger partial charge in [-0.1, -0.05) is 50.6 Å². The Hall–Kier alpha value is -3.15. The number of nitrogens with zero attached hydrogens (tertiary/aromatic N) is 1. The van der Waals surface area contributed by atoms with E-state index in [0.717, 1.165) is 30.6 Å². The number of carbonyl (C=O) groups is 3. The Labute approximate surface area is 177 Å². The van der Waals surface area contributed by atoms with E-state index in [-0.39, 0.29) is 18.4 Å². The molecule has 2 aromatic rings. The van der Waals surface area contributed by atoms with Crippen molar-refractivity contribution in [2.75, 3.05) is 23.4 Å². The Morgan fingerprint density at radius 1 is 1.10 bits per heavy atom. The molecule has 0 aliphatic carbocycles. The summed E-state index contributed by atoms with van der Waals surface area (Å²) >= 11 is 0. The highest BCUT2D eigenvalue weighted by Gasteiger charge is 2.28. The van der Waals surface area contributed by atoms with Gasteiger partial charge in [-0.15, -0.1) is 0 Å². The van der Waals surface area contributed by atoms with Crippen LogP contribution in [0.5, 0.6) is 0 Å². The number of esters is 1. The van der Waals surface area contributed by atoms with Gasteiger partial charge in [-0.25, -0.2) is 0 Å². The molecule has 1 fully saturated rings. The largest absolute Gasteiger partial charge is 0.455 e. The Morgan fingerprint density at radius 3 is 2.40 bits per heavy atom. The SMILES string of the molecule is CC[C@H](C)[C@H](C(=O)OCC(=O)Nc1ccc(N2CCCC2=O)cc1)c1ccccc1. The highest BCUT2D eigenvalue weighted by molar-refractivity contribution is 5.96. The third-order valence-corrected chi connectivity index (χ3v) is 5.51. The normalized spacial score (nSPS) is 15.5. The monoisotopic (exact) mass is 408 g/mol. The van der Waals surface area contributed by atoms with Gasteiger partial charge in [-0.3, -0.25) is 14.4 Å². The topological polar surface area (TPSA) is 75.7 Å². The highest BCUT2D eigenvalue weighted by Crippen LogP contribution is 2.28. The summed E-state index contributed by atoms with van der Waals surface area (Å²) < 4.78 is 5.33. The summed E-state index contributed by atoms with van der Waals surface area (Å²) in [5, 5.41) is 2.73. The molecule has 3 rings (SSSR count). The predicted molar refractivity (Wildman–Crippen MR) is 116 cm³/mol. The van der Waals surface area contributed by atoms with Crippen molar-refractivity contribution in [1.29, 1.82) is 0 Å². The van der Waals surface area contributed by atoms with Crippen molar-refractivity contribution in [2.24, 2.45) is 5.92 Å². The number of amides is 2. The summed E-state index contributed by atoms with van der Waals surface area (Å²) in [5.74, 6) is -0.976. The summed E-state index contributed by atoms with van der Waals surface area (Å²) in [6.07, 6.45) is 2.26. The van der Waals surface area contributed by atoms with Crippen molar-refractivity contribution in [3.8, 4) is 0 Å². The molecule has 1 aliphatic rings. The first kappa shape index (κ1) is 21.6. The summed E-state index contributed by atoms with van der Waals surface area (Å²) in [4.78, 5) is 38.5. The van der Waals surface area contributed by atoms with Gasteiger partial charge < -0.3 is 15.0 Å². The highest BCUT2D eigenvalue weighted by atomic mass is 16.5. The summed E-state index contributed by atoms with van der Waals surface area (Å²) in [5.41, 5.74) is 2.30. The lowest BCUT2D eigenvalue weighted by atomic mass is 9.86. The maximum Gasteiger partial charge on any atom is 0.314 e. The Bertz CT molecular complexity index is 880. The summed E-state index contributed by atoms with van der Waals surface area (Å²) in [6.45, 7) is 4.41. The second-order valence-corrected chi connectivity index (χ2v) is 7.63. The Kier molecular flexibility index (Phi) is 7.22. The molecule has 2 amide bonds. The van der Waals surface area contributed by atoms with Gasteiger partial charge >= 0.3 is 5.97 Å². The van der Waals surface area contributed by atoms with Crippen LogP contribution >= 0.6 is 0 Å². The van der Waals surface area contributed by atoms with Gasteiger partial charge in [0.25, 0.3) is 5.91 Å². The predicted octanol–water partition coefficient (Wildman–Crippen LogP) is 4.13. The molecule has 0 radical (unpaired) electrons. The number of nitrogens with one attached hydrogen (secondary N) is 1. The minimum Gasteiger partial charge on any atom is -0.455 e. The molecule has 6 heteroatoms. The molecule has 0 spiro atoms. The molecule has 6 nitrogen and oxygen atoms in total. The van der Waals surface area contributed by atoms with Gasteiger partial charge in [0.15, 0.2) is 6.61 Å². The van der Waals surface area contributed by atoms with Crippen molar-refractivity contribution in [3.05, 3.63) is 60.2 Å². The first-order valence-corrected chi connectivity index (χ1v) is 10.4. The van der Waals surface area contributed by atoms with Gasteiger partial charge in [0, 0.05) is 24.3 Å². The van der Waals surface area contributed by atoms with Gasteiger partial charge in [0.2, 0.25) is 5.91 Å². The first-order chi connectivity index (χ1) is 14.5. The zero-order chi connectivity index (χ0) is 21.5. The van der Waals surface area contributed by atoms with Crippen molar-refractivity contribution >= 4 is 29.2 Å². The average molecular weight is 408 g/mol. The molecule has 30 heavy (non-hydrogen) atoms. The standard InChI is InChI=1S/C24H28N2O4/c1-3-17(2)23(18-8-5-4-6-9-18)24(29)30-16-21(27)25-19-11-13-20(14-12-19)26-15-7-10-22(26)28/h4-6,8-9,11-14,17,23H,3,7,10,15-16H2,1-2H3,(H,25,27)/t17-,23-/m0/s1. The van der Waals surface area contributed by atoms with E-state index in [9.17, 15) is 14.4 Å². The third kappa shape index (κ3) is 5.26. The number of carbonyl (C=O) groups excluding carboxylic acids is 3. The van der Waals surface area contributed by atoms with Crippen LogP contribution in [0.3, 0.4) is 0 Å². The molecule has 0 saturated carbocycles. The molecule has 0 unspecified atom stereocenters. The van der Waals surface area contributed by atoms with Gasteiger partial charge in [-0.2, -0.15) is 0 Å². The van der Waals surface area contributed by atoms with Gasteiger partial charge in [0.05, 0.1) is 5.92 Å².